The molecule has 0 saturated carbocycles. The van der Waals surface area contributed by atoms with E-state index in [2.05, 4.69) is 31.9 Å². The smallest absolute Gasteiger partial charge is 0.324 e. The maximum Gasteiger partial charge on any atom is 0.324 e. The third kappa shape index (κ3) is 3.68. The number of cyclic esters (lactones) is 1. The Kier molecular flexibility index (Phi) is 5.58. The van der Waals surface area contributed by atoms with Crippen LogP contribution in [0.1, 0.15) is 13.8 Å². The Morgan fingerprint density at radius 2 is 2.00 bits per heavy atom. The molecule has 102 valence electrons. The second kappa shape index (κ2) is 6.51. The average molecular weight is 388 g/mol. The van der Waals surface area contributed by atoms with E-state index in [-0.39, 0.29) is 5.33 Å². The molecule has 0 spiro atoms. The Morgan fingerprint density at radius 1 is 1.39 bits per heavy atom. The van der Waals surface area contributed by atoms with Gasteiger partial charge in [0.25, 0.3) is 0 Å². The summed E-state index contributed by atoms with van der Waals surface area (Å²) in [6, 6.07) is 0. The summed E-state index contributed by atoms with van der Waals surface area (Å²) in [5, 5.41) is 0.266. The Balaban J connectivity index is 2.85. The number of hydrogen-bond acceptors (Lipinski definition) is 6. The number of halogens is 2. The molecule has 4 atom stereocenters. The van der Waals surface area contributed by atoms with Crippen molar-refractivity contribution >= 4 is 49.8 Å². The molecule has 1 aliphatic rings. The highest BCUT2D eigenvalue weighted by Crippen LogP contribution is 2.29. The van der Waals surface area contributed by atoms with Crippen molar-refractivity contribution in [3.63, 3.8) is 0 Å². The van der Waals surface area contributed by atoms with Gasteiger partial charge in [0.2, 0.25) is 0 Å². The Bertz CT molecular complexity index is 358. The minimum absolute atomic E-state index is 0.266. The maximum atomic E-state index is 11.5. The van der Waals surface area contributed by atoms with Crippen LogP contribution in [0.5, 0.6) is 0 Å². The van der Waals surface area contributed by atoms with Crippen molar-refractivity contribution in [3.05, 3.63) is 0 Å². The Labute approximate surface area is 121 Å². The van der Waals surface area contributed by atoms with Crippen LogP contribution in [0.25, 0.3) is 0 Å². The third-order valence-corrected chi connectivity index (χ3v) is 3.76. The molecule has 0 radical (unpaired) electrons. The normalized spacial score (nSPS) is 28.4. The summed E-state index contributed by atoms with van der Waals surface area (Å²) in [6.45, 7) is 2.48. The number of esters is 3. The van der Waals surface area contributed by atoms with E-state index in [0.29, 0.717) is 0 Å². The SMILES string of the molecule is CC(=O)O[C@@H]1[C@@H]([C@@H](CBr)OC(C)=O)OC(=O)[C@H]1Br. The third-order valence-electron chi connectivity index (χ3n) is 2.23. The van der Waals surface area contributed by atoms with Gasteiger partial charge in [-0.2, -0.15) is 0 Å². The molecule has 0 aromatic carbocycles. The van der Waals surface area contributed by atoms with E-state index in [9.17, 15) is 14.4 Å². The molecular formula is C10H12Br2O6. The van der Waals surface area contributed by atoms with Crippen LogP contribution in [0.4, 0.5) is 0 Å². The fourth-order valence-corrected chi connectivity index (χ4v) is 2.59. The quantitative estimate of drug-likeness (QED) is 0.405. The van der Waals surface area contributed by atoms with Crippen LogP contribution in [-0.2, 0) is 28.6 Å². The van der Waals surface area contributed by atoms with E-state index in [1.807, 2.05) is 0 Å². The molecule has 18 heavy (non-hydrogen) atoms. The first-order valence-electron chi connectivity index (χ1n) is 5.11. The predicted molar refractivity (Wildman–Crippen MR) is 67.5 cm³/mol. The summed E-state index contributed by atoms with van der Waals surface area (Å²) in [5.74, 6) is -1.59. The van der Waals surface area contributed by atoms with Crippen molar-refractivity contribution in [2.75, 3.05) is 5.33 Å². The van der Waals surface area contributed by atoms with Crippen LogP contribution in [0, 0.1) is 0 Å². The fourth-order valence-electron chi connectivity index (χ4n) is 1.57. The van der Waals surface area contributed by atoms with Crippen LogP contribution in [0.2, 0.25) is 0 Å². The molecule has 0 N–H and O–H groups in total. The number of alkyl halides is 2. The first kappa shape index (κ1) is 15.4. The van der Waals surface area contributed by atoms with Crippen molar-refractivity contribution in [2.45, 2.75) is 37.0 Å². The van der Waals surface area contributed by atoms with E-state index in [1.54, 1.807) is 0 Å². The molecule has 1 fully saturated rings. The highest BCUT2D eigenvalue weighted by Gasteiger charge is 2.50. The molecular weight excluding hydrogens is 376 g/mol. The van der Waals surface area contributed by atoms with Gasteiger partial charge in [-0.15, -0.1) is 0 Å². The molecule has 0 aliphatic carbocycles. The molecule has 1 heterocycles. The van der Waals surface area contributed by atoms with Crippen LogP contribution >= 0.6 is 31.9 Å². The molecule has 6 nitrogen and oxygen atoms in total. The lowest BCUT2D eigenvalue weighted by atomic mass is 10.1. The molecule has 0 amide bonds. The second-order valence-corrected chi connectivity index (χ2v) is 5.31. The monoisotopic (exact) mass is 386 g/mol. The summed E-state index contributed by atoms with van der Waals surface area (Å²) in [6.07, 6.45) is -2.36. The highest BCUT2D eigenvalue weighted by atomic mass is 79.9. The summed E-state index contributed by atoms with van der Waals surface area (Å²) in [4.78, 5) is 32.7. The highest BCUT2D eigenvalue weighted by molar-refractivity contribution is 9.10. The van der Waals surface area contributed by atoms with E-state index < -0.39 is 41.0 Å². The fraction of sp³-hybridized carbons (Fsp3) is 0.700. The van der Waals surface area contributed by atoms with Crippen LogP contribution < -0.4 is 0 Å². The van der Waals surface area contributed by atoms with Crippen molar-refractivity contribution in [2.24, 2.45) is 0 Å². The molecule has 0 bridgehead atoms. The first-order chi connectivity index (χ1) is 8.36. The zero-order valence-corrected chi connectivity index (χ0v) is 12.9. The van der Waals surface area contributed by atoms with E-state index in [4.69, 9.17) is 14.2 Å². The van der Waals surface area contributed by atoms with Crippen LogP contribution in [0.15, 0.2) is 0 Å². The molecule has 0 aromatic heterocycles. The predicted octanol–water partition coefficient (Wildman–Crippen LogP) is 0.934. The summed E-state index contributed by atoms with van der Waals surface area (Å²) >= 11 is 6.26. The number of ether oxygens (including phenoxy) is 3. The van der Waals surface area contributed by atoms with Crippen LogP contribution in [-0.4, -0.2) is 46.4 Å². The minimum Gasteiger partial charge on any atom is -0.458 e. The molecule has 1 aliphatic heterocycles. The Hall–Kier alpha value is -0.630. The summed E-state index contributed by atoms with van der Waals surface area (Å²) in [7, 11) is 0. The number of carbonyl (C=O) groups is 3. The lowest BCUT2D eigenvalue weighted by Gasteiger charge is -2.25. The van der Waals surface area contributed by atoms with Gasteiger partial charge in [-0.05, 0) is 0 Å². The summed E-state index contributed by atoms with van der Waals surface area (Å²) in [5.41, 5.74) is 0. The van der Waals surface area contributed by atoms with Gasteiger partial charge in [0.15, 0.2) is 23.1 Å². The van der Waals surface area contributed by atoms with Gasteiger partial charge in [-0.3, -0.25) is 14.4 Å². The van der Waals surface area contributed by atoms with Gasteiger partial charge >= 0.3 is 17.9 Å². The molecule has 0 unspecified atom stereocenters. The molecule has 0 aromatic rings. The molecule has 1 saturated heterocycles. The largest absolute Gasteiger partial charge is 0.458 e. The number of carbonyl (C=O) groups excluding carboxylic acids is 3. The van der Waals surface area contributed by atoms with Gasteiger partial charge in [0.05, 0.1) is 0 Å². The Morgan fingerprint density at radius 3 is 2.44 bits per heavy atom. The average Bonchev–Trinajstić information content (AvgIpc) is 2.53. The lowest BCUT2D eigenvalue weighted by molar-refractivity contribution is -0.165. The van der Waals surface area contributed by atoms with Crippen molar-refractivity contribution in [1.29, 1.82) is 0 Å². The van der Waals surface area contributed by atoms with Crippen molar-refractivity contribution in [3.8, 4) is 0 Å². The van der Waals surface area contributed by atoms with Gasteiger partial charge in [-0.25, -0.2) is 0 Å². The number of rotatable bonds is 4. The minimum atomic E-state index is -0.825. The number of hydrogen-bond donors (Lipinski definition) is 0. The van der Waals surface area contributed by atoms with E-state index in [1.165, 1.54) is 13.8 Å². The van der Waals surface area contributed by atoms with Gasteiger partial charge in [0.1, 0.15) is 0 Å². The lowest BCUT2D eigenvalue weighted by Crippen LogP contribution is -2.43. The maximum absolute atomic E-state index is 11.5. The van der Waals surface area contributed by atoms with Crippen LogP contribution in [0.3, 0.4) is 0 Å². The molecule has 1 rings (SSSR count). The topological polar surface area (TPSA) is 78.9 Å². The van der Waals surface area contributed by atoms with Crippen molar-refractivity contribution < 1.29 is 28.6 Å². The molecule has 8 heteroatoms. The second-order valence-electron chi connectivity index (χ2n) is 3.68. The van der Waals surface area contributed by atoms with Gasteiger partial charge in [-0.1, -0.05) is 31.9 Å². The zero-order chi connectivity index (χ0) is 13.9. The first-order valence-corrected chi connectivity index (χ1v) is 7.15. The van der Waals surface area contributed by atoms with Crippen molar-refractivity contribution in [1.82, 2.24) is 0 Å². The van der Waals surface area contributed by atoms with E-state index >= 15 is 0 Å². The van der Waals surface area contributed by atoms with Gasteiger partial charge in [0, 0.05) is 19.2 Å². The van der Waals surface area contributed by atoms with E-state index in [0.717, 1.165) is 0 Å². The zero-order valence-electron chi connectivity index (χ0n) is 9.72. The standard InChI is InChI=1S/C10H12Br2O6/c1-4(13)16-6(3-11)8-9(17-5(2)14)7(12)10(15)18-8/h6-9H,3H2,1-2H3/t6-,7+,8-,9+/m1/s1. The van der Waals surface area contributed by atoms with Gasteiger partial charge < -0.3 is 14.2 Å². The summed E-state index contributed by atoms with van der Waals surface area (Å²) < 4.78 is 15.1.